The van der Waals surface area contributed by atoms with Crippen LogP contribution in [0.15, 0.2) is 0 Å². The maximum absolute atomic E-state index is 12.5. The normalized spacial score (nSPS) is 31.8. The van der Waals surface area contributed by atoms with E-state index in [2.05, 4.69) is 10.2 Å². The minimum Gasteiger partial charge on any atom is -0.381 e. The van der Waals surface area contributed by atoms with Crippen molar-refractivity contribution in [1.82, 2.24) is 14.5 Å². The summed E-state index contributed by atoms with van der Waals surface area (Å²) < 4.78 is 32.0. The van der Waals surface area contributed by atoms with Gasteiger partial charge in [-0.3, -0.25) is 4.90 Å². The predicted octanol–water partition coefficient (Wildman–Crippen LogP) is 0.112. The highest BCUT2D eigenvalue weighted by Gasteiger charge is 2.30. The maximum Gasteiger partial charge on any atom is 0.214 e. The second kappa shape index (κ2) is 7.57. The van der Waals surface area contributed by atoms with E-state index in [1.165, 1.54) is 6.42 Å². The number of ether oxygens (including phenoxy) is 1. The topological polar surface area (TPSA) is 61.9 Å². The van der Waals surface area contributed by atoms with Crippen molar-refractivity contribution >= 4 is 10.0 Å². The largest absolute Gasteiger partial charge is 0.381 e. The lowest BCUT2D eigenvalue weighted by molar-refractivity contribution is 0.145. The molecule has 6 nitrogen and oxygen atoms in total. The summed E-state index contributed by atoms with van der Waals surface area (Å²) in [6.07, 6.45) is 4.03. The molecule has 3 aliphatic heterocycles. The third-order valence-corrected chi connectivity index (χ3v) is 7.21. The summed E-state index contributed by atoms with van der Waals surface area (Å²) in [5.74, 6) is 0.871. The highest BCUT2D eigenvalue weighted by Crippen LogP contribution is 2.20. The van der Waals surface area contributed by atoms with Gasteiger partial charge in [0.25, 0.3) is 0 Å². The van der Waals surface area contributed by atoms with Gasteiger partial charge in [-0.25, -0.2) is 8.42 Å². The second-order valence-electron chi connectivity index (χ2n) is 6.77. The Kier molecular flexibility index (Phi) is 5.73. The average molecular weight is 331 g/mol. The Labute approximate surface area is 134 Å². The van der Waals surface area contributed by atoms with Gasteiger partial charge >= 0.3 is 0 Å². The van der Waals surface area contributed by atoms with E-state index in [-0.39, 0.29) is 0 Å². The average Bonchev–Trinajstić information content (AvgIpc) is 3.21. The molecule has 0 radical (unpaired) electrons. The highest BCUT2D eigenvalue weighted by atomic mass is 32.2. The molecule has 3 heterocycles. The van der Waals surface area contributed by atoms with Crippen LogP contribution in [0.25, 0.3) is 0 Å². The van der Waals surface area contributed by atoms with Gasteiger partial charge in [0.2, 0.25) is 10.0 Å². The summed E-state index contributed by atoms with van der Waals surface area (Å²) >= 11 is 0. The quantitative estimate of drug-likeness (QED) is 0.749. The first kappa shape index (κ1) is 16.6. The minimum absolute atomic E-state index is 0.300. The van der Waals surface area contributed by atoms with E-state index in [0.29, 0.717) is 30.8 Å². The zero-order valence-corrected chi connectivity index (χ0v) is 14.2. The Bertz CT molecular complexity index is 437. The van der Waals surface area contributed by atoms with Crippen molar-refractivity contribution in [1.29, 1.82) is 0 Å². The number of nitrogens with one attached hydrogen (secondary N) is 1. The summed E-state index contributed by atoms with van der Waals surface area (Å²) in [5.41, 5.74) is 0. The molecular weight excluding hydrogens is 302 g/mol. The predicted molar refractivity (Wildman–Crippen MR) is 86.4 cm³/mol. The van der Waals surface area contributed by atoms with Gasteiger partial charge in [-0.1, -0.05) is 0 Å². The summed E-state index contributed by atoms with van der Waals surface area (Å²) in [6, 6.07) is 0.604. The van der Waals surface area contributed by atoms with Gasteiger partial charge in [0, 0.05) is 52.0 Å². The molecule has 7 heteroatoms. The summed E-state index contributed by atoms with van der Waals surface area (Å²) in [7, 11) is -3.07. The van der Waals surface area contributed by atoms with Gasteiger partial charge in [0.05, 0.1) is 5.75 Å². The van der Waals surface area contributed by atoms with Crippen LogP contribution in [0.4, 0.5) is 0 Å². The van der Waals surface area contributed by atoms with Crippen LogP contribution in [-0.2, 0) is 14.8 Å². The molecule has 3 saturated heterocycles. The Balaban J connectivity index is 1.40. The Morgan fingerprint density at radius 1 is 1.14 bits per heavy atom. The van der Waals surface area contributed by atoms with Gasteiger partial charge in [-0.05, 0) is 38.1 Å². The van der Waals surface area contributed by atoms with Crippen molar-refractivity contribution < 1.29 is 13.2 Å². The van der Waals surface area contributed by atoms with Crippen LogP contribution in [0.3, 0.4) is 0 Å². The van der Waals surface area contributed by atoms with Crippen molar-refractivity contribution in [2.75, 3.05) is 58.2 Å². The molecule has 22 heavy (non-hydrogen) atoms. The molecule has 2 unspecified atom stereocenters. The zero-order valence-electron chi connectivity index (χ0n) is 13.4. The Hall–Kier alpha value is -0.210. The van der Waals surface area contributed by atoms with Crippen molar-refractivity contribution in [3.8, 4) is 0 Å². The summed E-state index contributed by atoms with van der Waals surface area (Å²) in [6.45, 7) is 6.87. The van der Waals surface area contributed by atoms with Crippen molar-refractivity contribution in [2.45, 2.75) is 31.7 Å². The highest BCUT2D eigenvalue weighted by molar-refractivity contribution is 7.89. The lowest BCUT2D eigenvalue weighted by atomic mass is 10.0. The molecule has 0 aromatic rings. The van der Waals surface area contributed by atoms with E-state index in [4.69, 9.17) is 4.74 Å². The van der Waals surface area contributed by atoms with Crippen LogP contribution >= 0.6 is 0 Å². The van der Waals surface area contributed by atoms with E-state index in [1.807, 2.05) is 0 Å². The summed E-state index contributed by atoms with van der Waals surface area (Å²) in [5, 5.41) is 3.38. The molecule has 128 valence electrons. The minimum atomic E-state index is -3.07. The van der Waals surface area contributed by atoms with Gasteiger partial charge < -0.3 is 10.1 Å². The number of hydrogen-bond donors (Lipinski definition) is 1. The van der Waals surface area contributed by atoms with Gasteiger partial charge in [-0.15, -0.1) is 0 Å². The van der Waals surface area contributed by atoms with Crippen molar-refractivity contribution in [2.24, 2.45) is 5.92 Å². The van der Waals surface area contributed by atoms with Crippen LogP contribution < -0.4 is 5.32 Å². The number of nitrogens with zero attached hydrogens (tertiary/aromatic N) is 2. The standard InChI is InChI=1S/C15H29N3O3S/c19-22(20,11-1-2-14-4-10-21-13-14)18-8-6-17(7-9-18)15-3-5-16-12-15/h14-16H,1-13H2. The van der Waals surface area contributed by atoms with Crippen molar-refractivity contribution in [3.63, 3.8) is 0 Å². The van der Waals surface area contributed by atoms with E-state index in [1.54, 1.807) is 4.31 Å². The third kappa shape index (κ3) is 4.20. The Morgan fingerprint density at radius 2 is 1.95 bits per heavy atom. The molecule has 0 spiro atoms. The van der Waals surface area contributed by atoms with Gasteiger partial charge in [0.1, 0.15) is 0 Å². The number of rotatable bonds is 6. The molecule has 3 fully saturated rings. The lowest BCUT2D eigenvalue weighted by Gasteiger charge is -2.37. The SMILES string of the molecule is O=S(=O)(CCCC1CCOC1)N1CCN(C2CCNC2)CC1. The van der Waals surface area contributed by atoms with Crippen LogP contribution in [0.2, 0.25) is 0 Å². The first-order chi connectivity index (χ1) is 10.6. The van der Waals surface area contributed by atoms with E-state index < -0.39 is 10.0 Å². The first-order valence-corrected chi connectivity index (χ1v) is 10.3. The molecule has 0 bridgehead atoms. The summed E-state index contributed by atoms with van der Waals surface area (Å²) in [4.78, 5) is 2.45. The molecule has 1 N–H and O–H groups in total. The first-order valence-electron chi connectivity index (χ1n) is 8.65. The van der Waals surface area contributed by atoms with Crippen LogP contribution in [0.5, 0.6) is 0 Å². The maximum atomic E-state index is 12.5. The fourth-order valence-corrected chi connectivity index (χ4v) is 5.30. The second-order valence-corrected chi connectivity index (χ2v) is 8.86. The van der Waals surface area contributed by atoms with Gasteiger partial charge in [-0.2, -0.15) is 4.31 Å². The molecule has 0 aliphatic carbocycles. The van der Waals surface area contributed by atoms with E-state index in [9.17, 15) is 8.42 Å². The fraction of sp³-hybridized carbons (Fsp3) is 1.00. The monoisotopic (exact) mass is 331 g/mol. The van der Waals surface area contributed by atoms with Crippen molar-refractivity contribution in [3.05, 3.63) is 0 Å². The zero-order chi connectivity index (χ0) is 15.4. The van der Waals surface area contributed by atoms with Crippen LogP contribution in [0, 0.1) is 5.92 Å². The molecular formula is C15H29N3O3S. The number of hydrogen-bond acceptors (Lipinski definition) is 5. The third-order valence-electron chi connectivity index (χ3n) is 5.26. The fourth-order valence-electron chi connectivity index (χ4n) is 3.79. The molecule has 0 aromatic carbocycles. The Morgan fingerprint density at radius 3 is 2.59 bits per heavy atom. The number of piperazine rings is 1. The van der Waals surface area contributed by atoms with Gasteiger partial charge in [0.15, 0.2) is 0 Å². The van der Waals surface area contributed by atoms with E-state index in [0.717, 1.165) is 58.7 Å². The molecule has 0 amide bonds. The van der Waals surface area contributed by atoms with Crippen LogP contribution in [-0.4, -0.2) is 81.9 Å². The van der Waals surface area contributed by atoms with E-state index >= 15 is 0 Å². The lowest BCUT2D eigenvalue weighted by Crippen LogP contribution is -2.52. The number of sulfonamides is 1. The molecule has 0 aromatic heterocycles. The smallest absolute Gasteiger partial charge is 0.214 e. The molecule has 3 aliphatic rings. The molecule has 3 rings (SSSR count). The molecule has 2 atom stereocenters. The van der Waals surface area contributed by atoms with Crippen LogP contribution in [0.1, 0.15) is 25.7 Å². The molecule has 0 saturated carbocycles.